The first-order chi connectivity index (χ1) is 7.25. The second-order valence-electron chi connectivity index (χ2n) is 4.13. The number of halogens is 2. The molecule has 1 aliphatic rings. The van der Waals surface area contributed by atoms with Crippen LogP contribution in [0.4, 0.5) is 4.39 Å². The number of hydrogen-bond donors (Lipinski definition) is 1. The summed E-state index contributed by atoms with van der Waals surface area (Å²) in [5.74, 6) is 0.453. The molecule has 1 heterocycles. The van der Waals surface area contributed by atoms with Crippen molar-refractivity contribution in [3.8, 4) is 0 Å². The molecule has 82 valence electrons. The van der Waals surface area contributed by atoms with E-state index in [-0.39, 0.29) is 5.82 Å². The van der Waals surface area contributed by atoms with Crippen molar-refractivity contribution in [1.29, 1.82) is 0 Å². The standard InChI is InChI=1S/C12H15ClFN/c13-12-2-1-11(14)8-10(12)7-9-3-5-15-6-4-9/h1-2,8-9,15H,3-7H2. The van der Waals surface area contributed by atoms with Gasteiger partial charge < -0.3 is 5.32 Å². The van der Waals surface area contributed by atoms with Gasteiger partial charge in [0.15, 0.2) is 0 Å². The summed E-state index contributed by atoms with van der Waals surface area (Å²) in [5, 5.41) is 4.01. The van der Waals surface area contributed by atoms with Crippen LogP contribution in [0.1, 0.15) is 18.4 Å². The quantitative estimate of drug-likeness (QED) is 0.819. The Hall–Kier alpha value is -0.600. The average molecular weight is 228 g/mol. The van der Waals surface area contributed by atoms with Crippen molar-refractivity contribution in [3.63, 3.8) is 0 Å². The molecular formula is C12H15ClFN. The Labute approximate surface area is 94.6 Å². The van der Waals surface area contributed by atoms with E-state index in [1.807, 2.05) is 0 Å². The maximum atomic E-state index is 13.0. The van der Waals surface area contributed by atoms with E-state index in [0.29, 0.717) is 10.9 Å². The van der Waals surface area contributed by atoms with Crippen molar-refractivity contribution < 1.29 is 4.39 Å². The van der Waals surface area contributed by atoms with Gasteiger partial charge in [0.05, 0.1) is 0 Å². The van der Waals surface area contributed by atoms with Crippen molar-refractivity contribution >= 4 is 11.6 Å². The van der Waals surface area contributed by atoms with E-state index in [1.54, 1.807) is 12.1 Å². The van der Waals surface area contributed by atoms with Gasteiger partial charge in [-0.1, -0.05) is 11.6 Å². The smallest absolute Gasteiger partial charge is 0.123 e. The normalized spacial score (nSPS) is 18.0. The van der Waals surface area contributed by atoms with Gasteiger partial charge >= 0.3 is 0 Å². The van der Waals surface area contributed by atoms with Crippen molar-refractivity contribution in [2.45, 2.75) is 19.3 Å². The first kappa shape index (κ1) is 10.9. The van der Waals surface area contributed by atoms with Crippen LogP contribution in [0.2, 0.25) is 5.02 Å². The summed E-state index contributed by atoms with van der Waals surface area (Å²) in [4.78, 5) is 0. The van der Waals surface area contributed by atoms with Crippen LogP contribution in [-0.2, 0) is 6.42 Å². The van der Waals surface area contributed by atoms with Crippen molar-refractivity contribution in [1.82, 2.24) is 5.32 Å². The highest BCUT2D eigenvalue weighted by Crippen LogP contribution is 2.24. The summed E-state index contributed by atoms with van der Waals surface area (Å²) in [6.07, 6.45) is 3.22. The van der Waals surface area contributed by atoms with Crippen LogP contribution < -0.4 is 5.32 Å². The minimum absolute atomic E-state index is 0.191. The molecule has 0 spiro atoms. The van der Waals surface area contributed by atoms with Gasteiger partial charge in [-0.05, 0) is 62.0 Å². The van der Waals surface area contributed by atoms with Crippen LogP contribution in [0.15, 0.2) is 18.2 Å². The van der Waals surface area contributed by atoms with Gasteiger partial charge in [-0.25, -0.2) is 4.39 Å². The lowest BCUT2D eigenvalue weighted by atomic mass is 9.91. The van der Waals surface area contributed by atoms with Crippen LogP contribution in [0.5, 0.6) is 0 Å². The van der Waals surface area contributed by atoms with Gasteiger partial charge in [0.25, 0.3) is 0 Å². The predicted octanol–water partition coefficient (Wildman–Crippen LogP) is 3.02. The molecule has 0 aliphatic carbocycles. The topological polar surface area (TPSA) is 12.0 Å². The molecule has 0 amide bonds. The molecule has 1 saturated heterocycles. The second kappa shape index (κ2) is 4.95. The van der Waals surface area contributed by atoms with Crippen LogP contribution >= 0.6 is 11.6 Å². The van der Waals surface area contributed by atoms with Gasteiger partial charge in [0.1, 0.15) is 5.82 Å². The van der Waals surface area contributed by atoms with E-state index in [2.05, 4.69) is 5.32 Å². The summed E-state index contributed by atoms with van der Waals surface area (Å²) in [7, 11) is 0. The third-order valence-electron chi connectivity index (χ3n) is 2.98. The molecule has 0 aromatic heterocycles. The number of piperidine rings is 1. The summed E-state index contributed by atoms with van der Waals surface area (Å²) in [6.45, 7) is 2.13. The van der Waals surface area contributed by atoms with Gasteiger partial charge in [0, 0.05) is 5.02 Å². The highest BCUT2D eigenvalue weighted by molar-refractivity contribution is 6.31. The van der Waals surface area contributed by atoms with Crippen LogP contribution in [0.3, 0.4) is 0 Å². The van der Waals surface area contributed by atoms with Crippen molar-refractivity contribution in [2.24, 2.45) is 5.92 Å². The van der Waals surface area contributed by atoms with Gasteiger partial charge in [-0.2, -0.15) is 0 Å². The van der Waals surface area contributed by atoms with Crippen molar-refractivity contribution in [2.75, 3.05) is 13.1 Å². The van der Waals surface area contributed by atoms with Gasteiger partial charge in [-0.3, -0.25) is 0 Å². The minimum atomic E-state index is -0.191. The molecule has 0 bridgehead atoms. The summed E-state index contributed by atoms with van der Waals surface area (Å²) < 4.78 is 13.0. The summed E-state index contributed by atoms with van der Waals surface area (Å²) in [5.41, 5.74) is 0.948. The Morgan fingerprint density at radius 1 is 1.33 bits per heavy atom. The number of rotatable bonds is 2. The lowest BCUT2D eigenvalue weighted by Crippen LogP contribution is -2.28. The lowest BCUT2D eigenvalue weighted by molar-refractivity contribution is 0.372. The zero-order valence-corrected chi connectivity index (χ0v) is 9.36. The summed E-state index contributed by atoms with van der Waals surface area (Å²) >= 11 is 6.03. The Balaban J connectivity index is 2.05. The highest BCUT2D eigenvalue weighted by atomic mass is 35.5. The van der Waals surface area contributed by atoms with Crippen LogP contribution in [-0.4, -0.2) is 13.1 Å². The average Bonchev–Trinajstić information content (AvgIpc) is 2.25. The molecule has 0 saturated carbocycles. The Kier molecular flexibility index (Phi) is 3.60. The van der Waals surface area contributed by atoms with Gasteiger partial charge in [0.2, 0.25) is 0 Å². The third kappa shape index (κ3) is 2.93. The van der Waals surface area contributed by atoms with E-state index < -0.39 is 0 Å². The number of nitrogens with one attached hydrogen (secondary N) is 1. The van der Waals surface area contributed by atoms with E-state index in [4.69, 9.17) is 11.6 Å². The van der Waals surface area contributed by atoms with Crippen LogP contribution in [0, 0.1) is 11.7 Å². The van der Waals surface area contributed by atoms with E-state index in [0.717, 1.165) is 37.9 Å². The molecule has 0 radical (unpaired) electrons. The summed E-state index contributed by atoms with van der Waals surface area (Å²) in [6, 6.07) is 4.62. The maximum absolute atomic E-state index is 13.0. The SMILES string of the molecule is Fc1ccc(Cl)c(CC2CCNCC2)c1. The van der Waals surface area contributed by atoms with E-state index in [9.17, 15) is 4.39 Å². The molecule has 15 heavy (non-hydrogen) atoms. The van der Waals surface area contributed by atoms with Gasteiger partial charge in [-0.15, -0.1) is 0 Å². The molecular weight excluding hydrogens is 213 g/mol. The zero-order valence-electron chi connectivity index (χ0n) is 8.60. The molecule has 3 heteroatoms. The molecule has 1 aromatic carbocycles. The fraction of sp³-hybridized carbons (Fsp3) is 0.500. The molecule has 1 aliphatic heterocycles. The predicted molar refractivity (Wildman–Crippen MR) is 60.7 cm³/mol. The third-order valence-corrected chi connectivity index (χ3v) is 3.34. The van der Waals surface area contributed by atoms with Crippen molar-refractivity contribution in [3.05, 3.63) is 34.6 Å². The fourth-order valence-electron chi connectivity index (χ4n) is 2.10. The molecule has 0 unspecified atom stereocenters. The van der Waals surface area contributed by atoms with E-state index in [1.165, 1.54) is 6.07 Å². The highest BCUT2D eigenvalue weighted by Gasteiger charge is 2.15. The molecule has 1 N–H and O–H groups in total. The Morgan fingerprint density at radius 3 is 2.80 bits per heavy atom. The number of hydrogen-bond acceptors (Lipinski definition) is 1. The molecule has 1 nitrogen and oxygen atoms in total. The zero-order chi connectivity index (χ0) is 10.7. The molecule has 0 atom stereocenters. The number of benzene rings is 1. The van der Waals surface area contributed by atoms with Crippen LogP contribution in [0.25, 0.3) is 0 Å². The van der Waals surface area contributed by atoms with E-state index >= 15 is 0 Å². The molecule has 1 aromatic rings. The second-order valence-corrected chi connectivity index (χ2v) is 4.54. The molecule has 1 fully saturated rings. The fourth-order valence-corrected chi connectivity index (χ4v) is 2.29. The largest absolute Gasteiger partial charge is 0.317 e. The molecule has 2 rings (SSSR count). The Morgan fingerprint density at radius 2 is 2.07 bits per heavy atom. The first-order valence-corrected chi connectivity index (χ1v) is 5.78. The monoisotopic (exact) mass is 227 g/mol. The first-order valence-electron chi connectivity index (χ1n) is 5.40. The minimum Gasteiger partial charge on any atom is -0.317 e. The maximum Gasteiger partial charge on any atom is 0.123 e. The lowest BCUT2D eigenvalue weighted by Gasteiger charge is -2.22. The Bertz CT molecular complexity index is 334.